The van der Waals surface area contributed by atoms with Gasteiger partial charge in [0.1, 0.15) is 11.3 Å². The molecule has 5 nitrogen and oxygen atoms in total. The third-order valence-corrected chi connectivity index (χ3v) is 2.34. The zero-order chi connectivity index (χ0) is 12.1. The number of carboxylic acid groups (broad SMARTS) is 1. The van der Waals surface area contributed by atoms with Gasteiger partial charge in [-0.25, -0.2) is 4.79 Å². The van der Waals surface area contributed by atoms with Crippen LogP contribution in [0.4, 0.5) is 5.69 Å². The van der Waals surface area contributed by atoms with Crippen LogP contribution in [0.1, 0.15) is 10.4 Å². The highest BCUT2D eigenvalue weighted by molar-refractivity contribution is 7.99. The number of aromatic carboxylic acids is 1. The molecule has 0 fully saturated rings. The summed E-state index contributed by atoms with van der Waals surface area (Å²) >= 11 is 1.36. The summed E-state index contributed by atoms with van der Waals surface area (Å²) < 4.78 is 0. The molecule has 0 radical (unpaired) electrons. The molecule has 0 saturated carbocycles. The molecule has 1 aromatic rings. The second kappa shape index (κ2) is 5.41. The lowest BCUT2D eigenvalue weighted by atomic mass is 10.2. The largest absolute Gasteiger partial charge is 0.507 e. The third-order valence-electron chi connectivity index (χ3n) is 1.79. The number of phenols is 1. The van der Waals surface area contributed by atoms with Gasteiger partial charge in [-0.3, -0.25) is 4.79 Å². The molecule has 0 spiro atoms. The highest BCUT2D eigenvalue weighted by Gasteiger charge is 2.11. The van der Waals surface area contributed by atoms with Gasteiger partial charge in [0, 0.05) is 5.69 Å². The smallest absolute Gasteiger partial charge is 0.339 e. The van der Waals surface area contributed by atoms with E-state index in [0.29, 0.717) is 11.4 Å². The van der Waals surface area contributed by atoms with Crippen molar-refractivity contribution in [2.24, 2.45) is 0 Å². The summed E-state index contributed by atoms with van der Waals surface area (Å²) in [4.78, 5) is 21.9. The van der Waals surface area contributed by atoms with Gasteiger partial charge in [0.05, 0.1) is 5.75 Å². The first-order valence-electron chi connectivity index (χ1n) is 4.39. The molecule has 86 valence electrons. The number of benzene rings is 1. The Hall–Kier alpha value is -1.69. The number of thioether (sulfide) groups is 1. The summed E-state index contributed by atoms with van der Waals surface area (Å²) in [6.07, 6.45) is 1.79. The van der Waals surface area contributed by atoms with Crippen molar-refractivity contribution >= 4 is 29.3 Å². The number of aromatic hydroxyl groups is 1. The topological polar surface area (TPSA) is 86.6 Å². The third kappa shape index (κ3) is 3.16. The lowest BCUT2D eigenvalue weighted by molar-refractivity contribution is -0.113. The van der Waals surface area contributed by atoms with Crippen molar-refractivity contribution in [3.63, 3.8) is 0 Å². The zero-order valence-corrected chi connectivity index (χ0v) is 9.37. The molecule has 0 atom stereocenters. The quantitative estimate of drug-likeness (QED) is 0.693. The van der Waals surface area contributed by atoms with Gasteiger partial charge in [0.25, 0.3) is 0 Å². The van der Waals surface area contributed by atoms with E-state index < -0.39 is 5.97 Å². The Balaban J connectivity index is 2.87. The van der Waals surface area contributed by atoms with Gasteiger partial charge in [0.15, 0.2) is 0 Å². The van der Waals surface area contributed by atoms with E-state index in [2.05, 4.69) is 5.32 Å². The maximum Gasteiger partial charge on any atom is 0.339 e. The number of amides is 1. The molecule has 0 bridgehead atoms. The molecule has 0 heterocycles. The number of hydrogen-bond acceptors (Lipinski definition) is 4. The van der Waals surface area contributed by atoms with E-state index >= 15 is 0 Å². The van der Waals surface area contributed by atoms with Gasteiger partial charge >= 0.3 is 5.97 Å². The minimum atomic E-state index is -1.24. The molecule has 0 aliphatic heterocycles. The van der Waals surface area contributed by atoms with Crippen LogP contribution in [0.3, 0.4) is 0 Å². The van der Waals surface area contributed by atoms with Crippen LogP contribution in [-0.2, 0) is 4.79 Å². The van der Waals surface area contributed by atoms with Crippen LogP contribution < -0.4 is 5.32 Å². The Bertz CT molecular complexity index is 419. The fourth-order valence-corrected chi connectivity index (χ4v) is 1.45. The van der Waals surface area contributed by atoms with Gasteiger partial charge in [0.2, 0.25) is 5.91 Å². The minimum Gasteiger partial charge on any atom is -0.507 e. The minimum absolute atomic E-state index is 0.213. The summed E-state index contributed by atoms with van der Waals surface area (Å²) in [5.74, 6) is -1.48. The normalized spacial score (nSPS) is 9.81. The number of nitrogens with one attached hydrogen (secondary N) is 1. The highest BCUT2D eigenvalue weighted by atomic mass is 32.2. The molecule has 16 heavy (non-hydrogen) atoms. The molecular weight excluding hydrogens is 230 g/mol. The number of hydrogen-bond donors (Lipinski definition) is 3. The van der Waals surface area contributed by atoms with Crippen molar-refractivity contribution in [2.45, 2.75) is 0 Å². The summed E-state index contributed by atoms with van der Waals surface area (Å²) in [5, 5.41) is 20.5. The fourth-order valence-electron chi connectivity index (χ4n) is 1.11. The van der Waals surface area contributed by atoms with Crippen molar-refractivity contribution < 1.29 is 19.8 Å². The molecule has 0 unspecified atom stereocenters. The highest BCUT2D eigenvalue weighted by Crippen LogP contribution is 2.21. The molecule has 0 aliphatic carbocycles. The predicted molar refractivity (Wildman–Crippen MR) is 62.1 cm³/mol. The standard InChI is InChI=1S/C10H11NO4S/c1-16-5-9(13)11-6-2-3-8(12)7(4-6)10(14)15/h2-4,12H,5H2,1H3,(H,11,13)(H,14,15). The van der Waals surface area contributed by atoms with Crippen LogP contribution in [0.2, 0.25) is 0 Å². The van der Waals surface area contributed by atoms with Gasteiger partial charge in [-0.1, -0.05) is 0 Å². The SMILES string of the molecule is CSCC(=O)Nc1ccc(O)c(C(=O)O)c1. The fraction of sp³-hybridized carbons (Fsp3) is 0.200. The first-order chi connectivity index (χ1) is 7.54. The van der Waals surface area contributed by atoms with Crippen LogP contribution in [0.5, 0.6) is 5.75 Å². The van der Waals surface area contributed by atoms with Crippen molar-refractivity contribution in [2.75, 3.05) is 17.3 Å². The van der Waals surface area contributed by atoms with Gasteiger partial charge in [-0.2, -0.15) is 11.8 Å². The van der Waals surface area contributed by atoms with E-state index in [1.54, 1.807) is 6.26 Å². The first kappa shape index (κ1) is 12.4. The second-order valence-corrected chi connectivity index (χ2v) is 3.88. The molecule has 0 aromatic heterocycles. The summed E-state index contributed by atoms with van der Waals surface area (Å²) in [6.45, 7) is 0. The van der Waals surface area contributed by atoms with Crippen molar-refractivity contribution in [1.82, 2.24) is 0 Å². The van der Waals surface area contributed by atoms with Crippen molar-refractivity contribution in [1.29, 1.82) is 0 Å². The molecule has 1 aromatic carbocycles. The van der Waals surface area contributed by atoms with E-state index in [-0.39, 0.29) is 17.2 Å². The Kier molecular flexibility index (Phi) is 4.19. The van der Waals surface area contributed by atoms with E-state index in [1.165, 1.54) is 30.0 Å². The van der Waals surface area contributed by atoms with Crippen molar-refractivity contribution in [3.05, 3.63) is 23.8 Å². The molecule has 0 aliphatic rings. The number of carbonyl (C=O) groups is 2. The van der Waals surface area contributed by atoms with E-state index in [9.17, 15) is 14.7 Å². The van der Waals surface area contributed by atoms with Crippen LogP contribution >= 0.6 is 11.8 Å². The summed E-state index contributed by atoms with van der Waals surface area (Å²) in [7, 11) is 0. The molecule has 6 heteroatoms. The molecule has 1 rings (SSSR count). The lowest BCUT2D eigenvalue weighted by Crippen LogP contribution is -2.14. The Morgan fingerprint density at radius 2 is 2.12 bits per heavy atom. The van der Waals surface area contributed by atoms with Crippen LogP contribution in [0, 0.1) is 0 Å². The van der Waals surface area contributed by atoms with E-state index in [0.717, 1.165) is 0 Å². The average Bonchev–Trinajstić information content (AvgIpc) is 2.21. The molecule has 1 amide bonds. The Morgan fingerprint density at radius 1 is 1.44 bits per heavy atom. The van der Waals surface area contributed by atoms with Crippen LogP contribution in [-0.4, -0.2) is 34.1 Å². The summed E-state index contributed by atoms with van der Waals surface area (Å²) in [6, 6.07) is 3.90. The van der Waals surface area contributed by atoms with Gasteiger partial charge in [-0.05, 0) is 24.5 Å². The Labute approximate surface area is 96.5 Å². The lowest BCUT2D eigenvalue weighted by Gasteiger charge is -2.06. The maximum absolute atomic E-state index is 11.2. The zero-order valence-electron chi connectivity index (χ0n) is 8.56. The van der Waals surface area contributed by atoms with Crippen molar-refractivity contribution in [3.8, 4) is 5.75 Å². The average molecular weight is 241 g/mol. The van der Waals surface area contributed by atoms with Gasteiger partial charge in [-0.15, -0.1) is 0 Å². The summed E-state index contributed by atoms with van der Waals surface area (Å²) in [5.41, 5.74) is 0.121. The van der Waals surface area contributed by atoms with Crippen LogP contribution in [0.15, 0.2) is 18.2 Å². The van der Waals surface area contributed by atoms with Gasteiger partial charge < -0.3 is 15.5 Å². The monoisotopic (exact) mass is 241 g/mol. The maximum atomic E-state index is 11.2. The van der Waals surface area contributed by atoms with E-state index in [4.69, 9.17) is 5.11 Å². The molecule has 0 saturated heterocycles. The predicted octanol–water partition coefficient (Wildman–Crippen LogP) is 1.39. The second-order valence-electron chi connectivity index (χ2n) is 3.02. The number of carboxylic acids is 1. The number of carbonyl (C=O) groups excluding carboxylic acids is 1. The number of rotatable bonds is 4. The molecular formula is C10H11NO4S. The molecule has 3 N–H and O–H groups in total. The Morgan fingerprint density at radius 3 is 2.69 bits per heavy atom. The van der Waals surface area contributed by atoms with Crippen LogP contribution in [0.25, 0.3) is 0 Å². The number of anilines is 1. The van der Waals surface area contributed by atoms with E-state index in [1.807, 2.05) is 0 Å². The first-order valence-corrected chi connectivity index (χ1v) is 5.79.